The molecule has 2 rings (SSSR count). The molecule has 0 bridgehead atoms. The molecule has 0 amide bonds. The monoisotopic (exact) mass is 226 g/mol. The number of aldehydes is 1. The maximum absolute atomic E-state index is 10.3. The molecular formula is C7H3BrN2O2. The van der Waals surface area contributed by atoms with Gasteiger partial charge >= 0.3 is 0 Å². The van der Waals surface area contributed by atoms with Gasteiger partial charge in [-0.15, -0.1) is 0 Å². The average molecular weight is 227 g/mol. The molecule has 0 fully saturated rings. The van der Waals surface area contributed by atoms with Crippen molar-refractivity contribution in [2.45, 2.75) is 0 Å². The van der Waals surface area contributed by atoms with Crippen LogP contribution in [0.3, 0.4) is 0 Å². The lowest BCUT2D eigenvalue weighted by molar-refractivity contribution is 0.109. The molecule has 0 aliphatic carbocycles. The predicted molar refractivity (Wildman–Crippen MR) is 44.9 cm³/mol. The summed E-state index contributed by atoms with van der Waals surface area (Å²) in [5.74, 6) is 0.0682. The van der Waals surface area contributed by atoms with Crippen LogP contribution in [0.15, 0.2) is 21.3 Å². The van der Waals surface area contributed by atoms with E-state index in [0.29, 0.717) is 22.0 Å². The fraction of sp³-hybridized carbons (Fsp3) is 0. The van der Waals surface area contributed by atoms with Crippen molar-refractivity contribution in [3.05, 3.63) is 22.8 Å². The fourth-order valence-electron chi connectivity index (χ4n) is 0.892. The van der Waals surface area contributed by atoms with E-state index in [1.165, 1.54) is 0 Å². The maximum atomic E-state index is 10.3. The molecule has 0 spiro atoms. The second-order valence-corrected chi connectivity index (χ2v) is 2.87. The number of carbonyl (C=O) groups excluding carboxylic acids is 1. The number of nitrogens with zero attached hydrogens (tertiary/aromatic N) is 2. The third-order valence-corrected chi connectivity index (χ3v) is 1.94. The number of halogens is 1. The zero-order valence-electron chi connectivity index (χ0n) is 5.82. The van der Waals surface area contributed by atoms with E-state index in [1.807, 2.05) is 0 Å². The van der Waals surface area contributed by atoms with Gasteiger partial charge in [-0.3, -0.25) is 4.79 Å². The van der Waals surface area contributed by atoms with Gasteiger partial charge < -0.3 is 4.42 Å². The molecule has 0 aliphatic rings. The highest BCUT2D eigenvalue weighted by atomic mass is 79.9. The van der Waals surface area contributed by atoms with Crippen LogP contribution in [-0.4, -0.2) is 16.3 Å². The molecule has 5 heteroatoms. The molecule has 0 radical (unpaired) electrons. The largest absolute Gasteiger partial charge is 0.431 e. The van der Waals surface area contributed by atoms with Crippen LogP contribution in [0.25, 0.3) is 11.1 Å². The SMILES string of the molecule is O=Cc1nc2ccnc(Br)c2o1. The first-order valence-corrected chi connectivity index (χ1v) is 3.97. The molecule has 0 saturated carbocycles. The minimum atomic E-state index is 0.0682. The zero-order chi connectivity index (χ0) is 8.55. The molecule has 0 N–H and O–H groups in total. The highest BCUT2D eigenvalue weighted by molar-refractivity contribution is 9.10. The lowest BCUT2D eigenvalue weighted by Gasteiger charge is -1.86. The van der Waals surface area contributed by atoms with Gasteiger partial charge in [0.1, 0.15) is 5.52 Å². The minimum absolute atomic E-state index is 0.0682. The van der Waals surface area contributed by atoms with Gasteiger partial charge in [0.25, 0.3) is 5.89 Å². The van der Waals surface area contributed by atoms with Crippen LogP contribution in [0.1, 0.15) is 10.7 Å². The Labute approximate surface area is 75.7 Å². The Morgan fingerprint density at radius 1 is 1.58 bits per heavy atom. The number of rotatable bonds is 1. The smallest absolute Gasteiger partial charge is 0.260 e. The van der Waals surface area contributed by atoms with Crippen molar-refractivity contribution in [1.29, 1.82) is 0 Å². The Bertz CT molecular complexity index is 438. The summed E-state index contributed by atoms with van der Waals surface area (Å²) in [6.07, 6.45) is 2.15. The molecule has 0 unspecified atom stereocenters. The first kappa shape index (κ1) is 7.42. The summed E-state index contributed by atoms with van der Waals surface area (Å²) < 4.78 is 5.62. The van der Waals surface area contributed by atoms with Crippen molar-refractivity contribution in [1.82, 2.24) is 9.97 Å². The van der Waals surface area contributed by atoms with Crippen molar-refractivity contribution in [2.24, 2.45) is 0 Å². The first-order chi connectivity index (χ1) is 5.81. The van der Waals surface area contributed by atoms with Gasteiger partial charge in [0.2, 0.25) is 6.29 Å². The molecular weight excluding hydrogens is 224 g/mol. The van der Waals surface area contributed by atoms with Gasteiger partial charge in [0.15, 0.2) is 10.2 Å². The lowest BCUT2D eigenvalue weighted by atomic mass is 10.4. The van der Waals surface area contributed by atoms with Crippen molar-refractivity contribution >= 4 is 33.3 Å². The van der Waals surface area contributed by atoms with Crippen molar-refractivity contribution in [3.8, 4) is 0 Å². The average Bonchev–Trinajstić information content (AvgIpc) is 2.49. The van der Waals surface area contributed by atoms with E-state index in [4.69, 9.17) is 4.42 Å². The van der Waals surface area contributed by atoms with Crippen LogP contribution in [0.5, 0.6) is 0 Å². The second kappa shape index (κ2) is 2.67. The van der Waals surface area contributed by atoms with Gasteiger partial charge in [-0.2, -0.15) is 0 Å². The molecule has 60 valence electrons. The van der Waals surface area contributed by atoms with Gasteiger partial charge in [0, 0.05) is 6.20 Å². The highest BCUT2D eigenvalue weighted by Gasteiger charge is 2.07. The number of aromatic nitrogens is 2. The molecule has 2 heterocycles. The number of hydrogen-bond donors (Lipinski definition) is 0. The summed E-state index contributed by atoms with van der Waals surface area (Å²) in [5.41, 5.74) is 1.12. The van der Waals surface area contributed by atoms with Crippen LogP contribution in [0, 0.1) is 0 Å². The molecule has 0 aliphatic heterocycles. The van der Waals surface area contributed by atoms with Gasteiger partial charge in [-0.05, 0) is 22.0 Å². The normalized spacial score (nSPS) is 10.4. The highest BCUT2D eigenvalue weighted by Crippen LogP contribution is 2.21. The third-order valence-electron chi connectivity index (χ3n) is 1.38. The van der Waals surface area contributed by atoms with Gasteiger partial charge in [0.05, 0.1) is 0 Å². The zero-order valence-corrected chi connectivity index (χ0v) is 7.41. The number of fused-ring (bicyclic) bond motifs is 1. The number of oxazole rings is 1. The van der Waals surface area contributed by atoms with Gasteiger partial charge in [-0.25, -0.2) is 9.97 Å². The summed E-state index contributed by atoms with van der Waals surface area (Å²) in [6.45, 7) is 0. The topological polar surface area (TPSA) is 56.0 Å². The maximum Gasteiger partial charge on any atom is 0.260 e. The summed E-state index contributed by atoms with van der Waals surface area (Å²) in [4.78, 5) is 18.1. The number of hydrogen-bond acceptors (Lipinski definition) is 4. The van der Waals surface area contributed by atoms with E-state index in [-0.39, 0.29) is 5.89 Å². The quantitative estimate of drug-likeness (QED) is 0.550. The molecule has 0 atom stereocenters. The Morgan fingerprint density at radius 3 is 3.08 bits per heavy atom. The predicted octanol–water partition coefficient (Wildman–Crippen LogP) is 1.80. The summed E-state index contributed by atoms with van der Waals surface area (Å²) >= 11 is 3.18. The van der Waals surface area contributed by atoms with Crippen LogP contribution in [0.2, 0.25) is 0 Å². The van der Waals surface area contributed by atoms with Crippen LogP contribution >= 0.6 is 15.9 Å². The van der Waals surface area contributed by atoms with E-state index in [1.54, 1.807) is 12.3 Å². The second-order valence-electron chi connectivity index (χ2n) is 2.12. The van der Waals surface area contributed by atoms with Crippen LogP contribution in [-0.2, 0) is 0 Å². The van der Waals surface area contributed by atoms with E-state index in [0.717, 1.165) is 0 Å². The molecule has 12 heavy (non-hydrogen) atoms. The molecule has 0 saturated heterocycles. The van der Waals surface area contributed by atoms with E-state index < -0.39 is 0 Å². The van der Waals surface area contributed by atoms with Crippen molar-refractivity contribution < 1.29 is 9.21 Å². The minimum Gasteiger partial charge on any atom is -0.431 e. The number of carbonyl (C=O) groups is 1. The Balaban J connectivity index is 2.82. The summed E-state index contributed by atoms with van der Waals surface area (Å²) in [6, 6.07) is 1.68. The number of pyridine rings is 1. The lowest BCUT2D eigenvalue weighted by Crippen LogP contribution is -1.75. The molecule has 4 nitrogen and oxygen atoms in total. The Hall–Kier alpha value is -1.23. The van der Waals surface area contributed by atoms with Crippen LogP contribution in [0.4, 0.5) is 0 Å². The van der Waals surface area contributed by atoms with E-state index >= 15 is 0 Å². The first-order valence-electron chi connectivity index (χ1n) is 3.17. The van der Waals surface area contributed by atoms with E-state index in [2.05, 4.69) is 25.9 Å². The Kier molecular flexibility index (Phi) is 1.65. The summed E-state index contributed by atoms with van der Waals surface area (Å²) in [5, 5.41) is 0. The van der Waals surface area contributed by atoms with Crippen molar-refractivity contribution in [2.75, 3.05) is 0 Å². The van der Waals surface area contributed by atoms with Crippen LogP contribution < -0.4 is 0 Å². The van der Waals surface area contributed by atoms with E-state index in [9.17, 15) is 4.79 Å². The molecule has 2 aromatic heterocycles. The van der Waals surface area contributed by atoms with Crippen molar-refractivity contribution in [3.63, 3.8) is 0 Å². The third kappa shape index (κ3) is 1.02. The molecule has 0 aromatic carbocycles. The standard InChI is InChI=1S/C7H3BrN2O2/c8-7-6-4(1-2-9-7)10-5(3-11)12-6/h1-3H. The Morgan fingerprint density at radius 2 is 2.42 bits per heavy atom. The summed E-state index contributed by atoms with van der Waals surface area (Å²) in [7, 11) is 0. The fourth-order valence-corrected chi connectivity index (χ4v) is 1.29. The van der Waals surface area contributed by atoms with Gasteiger partial charge in [-0.1, -0.05) is 0 Å². The molecule has 2 aromatic rings.